The Morgan fingerprint density at radius 1 is 1.22 bits per heavy atom. The van der Waals surface area contributed by atoms with Crippen LogP contribution in [0.3, 0.4) is 0 Å². The minimum Gasteiger partial charge on any atom is -0.396 e. The molecule has 1 unspecified atom stereocenters. The lowest BCUT2D eigenvalue weighted by molar-refractivity contribution is 0.0945. The van der Waals surface area contributed by atoms with Gasteiger partial charge in [-0.2, -0.15) is 0 Å². The molecule has 2 N–H and O–H groups in total. The Kier molecular flexibility index (Phi) is 6.86. The van der Waals surface area contributed by atoms with Gasteiger partial charge >= 0.3 is 0 Å². The Morgan fingerprint density at radius 2 is 1.87 bits per heavy atom. The first kappa shape index (κ1) is 17.8. The van der Waals surface area contributed by atoms with Gasteiger partial charge in [-0.3, -0.25) is 4.79 Å². The van der Waals surface area contributed by atoms with E-state index in [4.69, 9.17) is 5.11 Å². The van der Waals surface area contributed by atoms with E-state index in [0.717, 1.165) is 32.7 Å². The van der Waals surface area contributed by atoms with E-state index in [1.54, 1.807) is 0 Å². The number of aliphatic hydroxyl groups is 1. The van der Waals surface area contributed by atoms with Crippen LogP contribution in [0.25, 0.3) is 0 Å². The third-order valence-electron chi connectivity index (χ3n) is 4.55. The van der Waals surface area contributed by atoms with Crippen LogP contribution in [-0.4, -0.2) is 61.8 Å². The fourth-order valence-electron chi connectivity index (χ4n) is 2.84. The maximum Gasteiger partial charge on any atom is 0.251 e. The van der Waals surface area contributed by atoms with Crippen molar-refractivity contribution in [2.45, 2.75) is 20.3 Å². The number of carbonyl (C=O) groups excluding carboxylic acids is 1. The van der Waals surface area contributed by atoms with Crippen molar-refractivity contribution in [3.05, 3.63) is 29.8 Å². The number of anilines is 1. The van der Waals surface area contributed by atoms with E-state index in [0.29, 0.717) is 18.5 Å². The molecular weight excluding hydrogens is 290 g/mol. The summed E-state index contributed by atoms with van der Waals surface area (Å²) in [6.07, 6.45) is 0.711. The quantitative estimate of drug-likeness (QED) is 0.801. The molecule has 0 bridgehead atoms. The molecular formula is C18H29N3O2. The summed E-state index contributed by atoms with van der Waals surface area (Å²) in [7, 11) is 0. The molecule has 5 heteroatoms. The van der Waals surface area contributed by atoms with Crippen LogP contribution in [0.5, 0.6) is 0 Å². The largest absolute Gasteiger partial charge is 0.396 e. The molecule has 1 fully saturated rings. The number of benzene rings is 1. The Hall–Kier alpha value is -1.59. The first-order chi connectivity index (χ1) is 11.1. The van der Waals surface area contributed by atoms with Gasteiger partial charge in [0.2, 0.25) is 0 Å². The minimum absolute atomic E-state index is 0.0443. The van der Waals surface area contributed by atoms with Crippen LogP contribution in [-0.2, 0) is 0 Å². The Bertz CT molecular complexity index is 482. The number of nitrogens with zero attached hydrogens (tertiary/aromatic N) is 2. The summed E-state index contributed by atoms with van der Waals surface area (Å²) >= 11 is 0. The summed E-state index contributed by atoms with van der Waals surface area (Å²) in [5, 5.41) is 11.8. The van der Waals surface area contributed by atoms with Crippen LogP contribution in [0.2, 0.25) is 0 Å². The fourth-order valence-corrected chi connectivity index (χ4v) is 2.84. The number of rotatable bonds is 7. The SMILES string of the molecule is CCN1CCN(c2ccc(C(=O)NCC(C)CCO)cc2)CC1. The van der Waals surface area contributed by atoms with E-state index in [9.17, 15) is 4.79 Å². The summed E-state index contributed by atoms with van der Waals surface area (Å²) in [4.78, 5) is 17.0. The molecule has 5 nitrogen and oxygen atoms in total. The van der Waals surface area contributed by atoms with Crippen molar-refractivity contribution in [2.24, 2.45) is 5.92 Å². The topological polar surface area (TPSA) is 55.8 Å². The third kappa shape index (κ3) is 5.22. The Morgan fingerprint density at radius 3 is 2.43 bits per heavy atom. The Balaban J connectivity index is 1.85. The minimum atomic E-state index is -0.0443. The number of nitrogens with one attached hydrogen (secondary N) is 1. The number of hydrogen-bond donors (Lipinski definition) is 2. The van der Waals surface area contributed by atoms with Crippen LogP contribution < -0.4 is 10.2 Å². The van der Waals surface area contributed by atoms with Gasteiger partial charge in [-0.05, 0) is 43.1 Å². The molecule has 0 spiro atoms. The molecule has 0 aromatic heterocycles. The molecule has 1 aliphatic rings. The lowest BCUT2D eigenvalue weighted by Crippen LogP contribution is -2.46. The number of carbonyl (C=O) groups is 1. The highest BCUT2D eigenvalue weighted by Crippen LogP contribution is 2.17. The first-order valence-electron chi connectivity index (χ1n) is 8.60. The summed E-state index contributed by atoms with van der Waals surface area (Å²) in [6, 6.07) is 7.86. The van der Waals surface area contributed by atoms with Gasteiger partial charge in [0.25, 0.3) is 5.91 Å². The molecule has 1 saturated heterocycles. The van der Waals surface area contributed by atoms with Gasteiger partial charge in [0.05, 0.1) is 0 Å². The molecule has 128 valence electrons. The maximum atomic E-state index is 12.1. The fraction of sp³-hybridized carbons (Fsp3) is 0.611. The van der Waals surface area contributed by atoms with Crippen LogP contribution >= 0.6 is 0 Å². The molecule has 0 saturated carbocycles. The van der Waals surface area contributed by atoms with E-state index < -0.39 is 0 Å². The van der Waals surface area contributed by atoms with E-state index >= 15 is 0 Å². The highest BCUT2D eigenvalue weighted by molar-refractivity contribution is 5.94. The molecule has 0 aliphatic carbocycles. The predicted octanol–water partition coefficient (Wildman–Crippen LogP) is 1.58. The van der Waals surface area contributed by atoms with E-state index in [-0.39, 0.29) is 18.4 Å². The summed E-state index contributed by atoms with van der Waals surface area (Å²) < 4.78 is 0. The zero-order valence-electron chi connectivity index (χ0n) is 14.3. The van der Waals surface area contributed by atoms with Crippen molar-refractivity contribution in [3.63, 3.8) is 0 Å². The van der Waals surface area contributed by atoms with Crippen molar-refractivity contribution in [3.8, 4) is 0 Å². The summed E-state index contributed by atoms with van der Waals surface area (Å²) in [6.45, 7) is 10.4. The van der Waals surface area contributed by atoms with Crippen LogP contribution in [0.1, 0.15) is 30.6 Å². The molecule has 1 aliphatic heterocycles. The zero-order valence-corrected chi connectivity index (χ0v) is 14.3. The summed E-state index contributed by atoms with van der Waals surface area (Å²) in [5.41, 5.74) is 1.88. The molecule has 0 radical (unpaired) electrons. The van der Waals surface area contributed by atoms with Crippen molar-refractivity contribution in [1.29, 1.82) is 0 Å². The summed E-state index contributed by atoms with van der Waals surface area (Å²) in [5.74, 6) is 0.246. The average Bonchev–Trinajstić information content (AvgIpc) is 2.60. The molecule has 23 heavy (non-hydrogen) atoms. The number of amides is 1. The average molecular weight is 319 g/mol. The van der Waals surface area contributed by atoms with Gasteiger partial charge < -0.3 is 20.2 Å². The zero-order chi connectivity index (χ0) is 16.7. The van der Waals surface area contributed by atoms with Crippen molar-refractivity contribution < 1.29 is 9.90 Å². The molecule has 1 heterocycles. The molecule has 1 amide bonds. The monoisotopic (exact) mass is 319 g/mol. The maximum absolute atomic E-state index is 12.1. The van der Waals surface area contributed by atoms with Gasteiger partial charge in [0.15, 0.2) is 0 Å². The van der Waals surface area contributed by atoms with Crippen LogP contribution in [0, 0.1) is 5.92 Å². The van der Waals surface area contributed by atoms with Gasteiger partial charge in [0, 0.05) is 50.6 Å². The van der Waals surface area contributed by atoms with Gasteiger partial charge in [-0.15, -0.1) is 0 Å². The molecule has 1 atom stereocenters. The highest BCUT2D eigenvalue weighted by Gasteiger charge is 2.16. The van der Waals surface area contributed by atoms with Crippen LogP contribution in [0.4, 0.5) is 5.69 Å². The lowest BCUT2D eigenvalue weighted by atomic mass is 10.1. The number of hydrogen-bond acceptors (Lipinski definition) is 4. The highest BCUT2D eigenvalue weighted by atomic mass is 16.3. The Labute approximate surface area is 139 Å². The second-order valence-electron chi connectivity index (χ2n) is 6.30. The smallest absolute Gasteiger partial charge is 0.251 e. The number of likely N-dealkylation sites (N-methyl/N-ethyl adjacent to an activating group) is 1. The lowest BCUT2D eigenvalue weighted by Gasteiger charge is -2.35. The van der Waals surface area contributed by atoms with Gasteiger partial charge in [-0.1, -0.05) is 13.8 Å². The first-order valence-corrected chi connectivity index (χ1v) is 8.60. The molecule has 2 rings (SSSR count). The van der Waals surface area contributed by atoms with E-state index in [2.05, 4.69) is 22.0 Å². The van der Waals surface area contributed by atoms with E-state index in [1.165, 1.54) is 5.69 Å². The van der Waals surface area contributed by atoms with Gasteiger partial charge in [-0.25, -0.2) is 0 Å². The van der Waals surface area contributed by atoms with Crippen LogP contribution in [0.15, 0.2) is 24.3 Å². The van der Waals surface area contributed by atoms with Crippen molar-refractivity contribution >= 4 is 11.6 Å². The molecule has 1 aromatic carbocycles. The molecule has 1 aromatic rings. The van der Waals surface area contributed by atoms with Crippen molar-refractivity contribution in [2.75, 3.05) is 50.8 Å². The second kappa shape index (κ2) is 8.89. The second-order valence-corrected chi connectivity index (χ2v) is 6.30. The number of aliphatic hydroxyl groups excluding tert-OH is 1. The predicted molar refractivity (Wildman–Crippen MR) is 94.0 cm³/mol. The standard InChI is InChI=1S/C18H29N3O2/c1-3-20-9-11-21(12-10-20)17-6-4-16(5-7-17)18(23)19-14-15(2)8-13-22/h4-7,15,22H,3,8-14H2,1-2H3,(H,19,23). The normalized spacial score (nSPS) is 17.1. The third-order valence-corrected chi connectivity index (χ3v) is 4.55. The van der Waals surface area contributed by atoms with Crippen molar-refractivity contribution in [1.82, 2.24) is 10.2 Å². The van der Waals surface area contributed by atoms with E-state index in [1.807, 2.05) is 31.2 Å². The number of piperazine rings is 1. The van der Waals surface area contributed by atoms with Gasteiger partial charge in [0.1, 0.15) is 0 Å².